The Bertz CT molecular complexity index is 974. The van der Waals surface area contributed by atoms with Gasteiger partial charge in [-0.1, -0.05) is 18.2 Å². The smallest absolute Gasteiger partial charge is 0.414 e. The minimum absolute atomic E-state index is 0.218. The molecule has 0 amide bonds. The second kappa shape index (κ2) is 9.88. The maximum absolute atomic E-state index is 13.7. The van der Waals surface area contributed by atoms with Crippen molar-refractivity contribution in [3.8, 4) is 17.0 Å². The zero-order valence-corrected chi connectivity index (χ0v) is 15.8. The van der Waals surface area contributed by atoms with Gasteiger partial charge in [-0.3, -0.25) is 0 Å². The average Bonchev–Trinajstić information content (AvgIpc) is 3.08. The summed E-state index contributed by atoms with van der Waals surface area (Å²) in [5.74, 6) is -2.36. The van der Waals surface area contributed by atoms with Crippen LogP contribution in [0.5, 0.6) is 5.75 Å². The highest BCUT2D eigenvalue weighted by atomic mass is 19.1. The topological polar surface area (TPSA) is 114 Å². The number of rotatable bonds is 5. The summed E-state index contributed by atoms with van der Waals surface area (Å²) in [5.41, 5.74) is 2.63. The third-order valence-corrected chi connectivity index (χ3v) is 3.95. The lowest BCUT2D eigenvalue weighted by atomic mass is 10.1. The van der Waals surface area contributed by atoms with Crippen molar-refractivity contribution in [1.29, 1.82) is 0 Å². The van der Waals surface area contributed by atoms with E-state index < -0.39 is 11.9 Å². The number of carbonyl (C=O) groups is 2. The summed E-state index contributed by atoms with van der Waals surface area (Å²) in [4.78, 5) is 22.6. The van der Waals surface area contributed by atoms with Crippen molar-refractivity contribution in [1.82, 2.24) is 9.55 Å². The van der Waals surface area contributed by atoms with Crippen LogP contribution in [0.1, 0.15) is 5.56 Å². The normalized spacial score (nSPS) is 9.90. The maximum atomic E-state index is 13.7. The Balaban J connectivity index is 0.000000438. The molecule has 0 bridgehead atoms. The van der Waals surface area contributed by atoms with Crippen LogP contribution in [-0.2, 0) is 23.2 Å². The second-order valence-electron chi connectivity index (χ2n) is 5.81. The molecule has 0 aliphatic carbocycles. The fraction of sp³-hybridized carbons (Fsp3) is 0.150. The van der Waals surface area contributed by atoms with Gasteiger partial charge in [-0.25, -0.2) is 19.0 Å². The number of carboxylic acid groups (broad SMARTS) is 2. The summed E-state index contributed by atoms with van der Waals surface area (Å²) >= 11 is 0. The van der Waals surface area contributed by atoms with Crippen molar-refractivity contribution in [2.45, 2.75) is 6.54 Å². The largest absolute Gasteiger partial charge is 0.497 e. The van der Waals surface area contributed by atoms with Crippen LogP contribution < -0.4 is 10.1 Å². The molecule has 0 aliphatic heterocycles. The van der Waals surface area contributed by atoms with Gasteiger partial charge in [0.05, 0.1) is 19.0 Å². The van der Waals surface area contributed by atoms with Crippen LogP contribution >= 0.6 is 0 Å². The molecule has 2 aromatic carbocycles. The molecule has 0 saturated heterocycles. The molecule has 0 fully saturated rings. The third kappa shape index (κ3) is 5.80. The molecule has 3 rings (SSSR count). The van der Waals surface area contributed by atoms with Crippen molar-refractivity contribution in [3.63, 3.8) is 0 Å². The lowest BCUT2D eigenvalue weighted by molar-refractivity contribution is -0.159. The molecule has 0 unspecified atom stereocenters. The zero-order valence-electron chi connectivity index (χ0n) is 15.8. The van der Waals surface area contributed by atoms with E-state index in [0.717, 1.165) is 17.0 Å². The first-order valence-corrected chi connectivity index (χ1v) is 8.43. The monoisotopic (exact) mass is 401 g/mol. The van der Waals surface area contributed by atoms with Crippen LogP contribution in [0, 0.1) is 5.82 Å². The summed E-state index contributed by atoms with van der Waals surface area (Å²) in [7, 11) is 3.57. The first-order chi connectivity index (χ1) is 13.8. The van der Waals surface area contributed by atoms with Crippen LogP contribution in [0.2, 0.25) is 0 Å². The van der Waals surface area contributed by atoms with E-state index in [1.807, 2.05) is 41.9 Å². The second-order valence-corrected chi connectivity index (χ2v) is 5.81. The predicted molar refractivity (Wildman–Crippen MR) is 104 cm³/mol. The van der Waals surface area contributed by atoms with Gasteiger partial charge in [0.1, 0.15) is 11.6 Å². The molecule has 3 N–H and O–H groups in total. The number of imidazole rings is 1. The van der Waals surface area contributed by atoms with Gasteiger partial charge < -0.3 is 24.8 Å². The fourth-order valence-corrected chi connectivity index (χ4v) is 2.42. The van der Waals surface area contributed by atoms with Gasteiger partial charge in [-0.05, 0) is 30.3 Å². The molecule has 3 aromatic rings. The van der Waals surface area contributed by atoms with E-state index in [-0.39, 0.29) is 5.82 Å². The minimum Gasteiger partial charge on any atom is -0.497 e. The average molecular weight is 401 g/mol. The Morgan fingerprint density at radius 3 is 2.28 bits per heavy atom. The number of hydrogen-bond donors (Lipinski definition) is 3. The number of benzene rings is 2. The molecule has 0 atom stereocenters. The number of hydrogen-bond acceptors (Lipinski definition) is 5. The summed E-state index contributed by atoms with van der Waals surface area (Å²) in [6, 6.07) is 14.5. The minimum atomic E-state index is -1.82. The molecule has 8 nitrogen and oxygen atoms in total. The number of halogens is 1. The van der Waals surface area contributed by atoms with Gasteiger partial charge in [0, 0.05) is 24.7 Å². The van der Waals surface area contributed by atoms with Crippen molar-refractivity contribution in [3.05, 3.63) is 66.1 Å². The molecule has 1 heterocycles. The highest BCUT2D eigenvalue weighted by molar-refractivity contribution is 6.27. The Hall–Kier alpha value is -3.88. The van der Waals surface area contributed by atoms with Crippen LogP contribution in [-0.4, -0.2) is 38.8 Å². The van der Waals surface area contributed by atoms with E-state index in [2.05, 4.69) is 10.3 Å². The summed E-state index contributed by atoms with van der Waals surface area (Å²) < 4.78 is 20.8. The van der Waals surface area contributed by atoms with E-state index in [1.54, 1.807) is 25.4 Å². The summed E-state index contributed by atoms with van der Waals surface area (Å²) in [6.45, 7) is 0.388. The number of aliphatic carboxylic acids is 2. The van der Waals surface area contributed by atoms with Crippen LogP contribution in [0.3, 0.4) is 0 Å². The molecule has 1 aromatic heterocycles. The molecule has 152 valence electrons. The first kappa shape index (κ1) is 21.4. The van der Waals surface area contributed by atoms with Crippen molar-refractivity contribution < 1.29 is 28.9 Å². The van der Waals surface area contributed by atoms with Gasteiger partial charge in [-0.2, -0.15) is 0 Å². The highest BCUT2D eigenvalue weighted by Crippen LogP contribution is 2.24. The van der Waals surface area contributed by atoms with E-state index in [9.17, 15) is 4.39 Å². The van der Waals surface area contributed by atoms with Crippen molar-refractivity contribution in [2.24, 2.45) is 7.05 Å². The standard InChI is InChI=1S/C18H18FN3O.C2H2O4/c1-22-17(13-7-9-15(23-2)10-8-13)12-21-18(22)20-11-14-5-3-4-6-16(14)19;3-1(4)2(5)6/h3-10,12H,11H2,1-2H3,(H,20,21);(H,3,4)(H,5,6). The van der Waals surface area contributed by atoms with Gasteiger partial charge in [0.2, 0.25) is 5.95 Å². The van der Waals surface area contributed by atoms with E-state index in [1.165, 1.54) is 6.07 Å². The number of carboxylic acids is 2. The van der Waals surface area contributed by atoms with Gasteiger partial charge in [0.15, 0.2) is 0 Å². The highest BCUT2D eigenvalue weighted by Gasteiger charge is 2.09. The SMILES string of the molecule is COc1ccc(-c2cnc(NCc3ccccc3F)n2C)cc1.O=C(O)C(=O)O. The molecular weight excluding hydrogens is 381 g/mol. The van der Waals surface area contributed by atoms with Gasteiger partial charge >= 0.3 is 11.9 Å². The number of nitrogens with zero attached hydrogens (tertiary/aromatic N) is 2. The third-order valence-electron chi connectivity index (χ3n) is 3.95. The maximum Gasteiger partial charge on any atom is 0.414 e. The fourth-order valence-electron chi connectivity index (χ4n) is 2.42. The Labute approximate surface area is 166 Å². The number of methoxy groups -OCH3 is 1. The molecule has 0 spiro atoms. The zero-order chi connectivity index (χ0) is 21.4. The lowest BCUT2D eigenvalue weighted by Gasteiger charge is -2.09. The van der Waals surface area contributed by atoms with Gasteiger partial charge in [-0.15, -0.1) is 0 Å². The van der Waals surface area contributed by atoms with E-state index in [4.69, 9.17) is 24.5 Å². The summed E-state index contributed by atoms with van der Waals surface area (Å²) in [5, 5.41) is 18.0. The predicted octanol–water partition coefficient (Wildman–Crippen LogP) is 3.00. The Morgan fingerprint density at radius 2 is 1.72 bits per heavy atom. The Morgan fingerprint density at radius 1 is 1.10 bits per heavy atom. The molecule has 0 aliphatic rings. The number of nitrogens with one attached hydrogen (secondary N) is 1. The van der Waals surface area contributed by atoms with Crippen LogP contribution in [0.4, 0.5) is 10.3 Å². The van der Waals surface area contributed by atoms with Crippen LogP contribution in [0.25, 0.3) is 11.3 Å². The lowest BCUT2D eigenvalue weighted by Crippen LogP contribution is -2.09. The van der Waals surface area contributed by atoms with Gasteiger partial charge in [0.25, 0.3) is 0 Å². The summed E-state index contributed by atoms with van der Waals surface area (Å²) in [6.07, 6.45) is 1.80. The molecule has 0 radical (unpaired) electrons. The van der Waals surface area contributed by atoms with E-state index >= 15 is 0 Å². The molecule has 9 heteroatoms. The number of aromatic nitrogens is 2. The molecule has 0 saturated carbocycles. The number of ether oxygens (including phenoxy) is 1. The van der Waals surface area contributed by atoms with Crippen molar-refractivity contribution in [2.75, 3.05) is 12.4 Å². The first-order valence-electron chi connectivity index (χ1n) is 8.43. The molecule has 29 heavy (non-hydrogen) atoms. The van der Waals surface area contributed by atoms with Crippen molar-refractivity contribution >= 4 is 17.9 Å². The number of anilines is 1. The molecular formula is C20H20FN3O5. The Kier molecular flexibility index (Phi) is 7.30. The quantitative estimate of drug-likeness (QED) is 0.563. The van der Waals surface area contributed by atoms with E-state index in [0.29, 0.717) is 18.1 Å². The van der Waals surface area contributed by atoms with Crippen LogP contribution in [0.15, 0.2) is 54.7 Å².